The molecule has 6 heteroatoms. The SMILES string of the molecule is Cc1cccc(OCC(=O)N2CC(c3nncn3CC(C)C)C3(CCCCC3)C2)c1. The molecule has 2 aromatic rings. The van der Waals surface area contributed by atoms with Crippen LogP contribution >= 0.6 is 0 Å². The molecule has 1 unspecified atom stereocenters. The first kappa shape index (κ1) is 20.9. The van der Waals surface area contributed by atoms with Crippen molar-refractivity contribution in [3.8, 4) is 5.75 Å². The number of ether oxygens (including phenoxy) is 1. The molecule has 1 saturated carbocycles. The summed E-state index contributed by atoms with van der Waals surface area (Å²) < 4.78 is 8.03. The third-order valence-electron chi connectivity index (χ3n) is 6.72. The molecule has 2 fully saturated rings. The monoisotopic (exact) mass is 410 g/mol. The van der Waals surface area contributed by atoms with E-state index in [9.17, 15) is 4.79 Å². The largest absolute Gasteiger partial charge is 0.484 e. The highest BCUT2D eigenvalue weighted by atomic mass is 16.5. The number of amides is 1. The summed E-state index contributed by atoms with van der Waals surface area (Å²) in [6, 6.07) is 7.86. The Morgan fingerprint density at radius 2 is 2.07 bits per heavy atom. The van der Waals surface area contributed by atoms with Gasteiger partial charge < -0.3 is 14.2 Å². The molecule has 0 N–H and O–H groups in total. The van der Waals surface area contributed by atoms with Gasteiger partial charge in [0, 0.05) is 25.6 Å². The van der Waals surface area contributed by atoms with Gasteiger partial charge >= 0.3 is 0 Å². The number of nitrogens with zero attached hydrogens (tertiary/aromatic N) is 4. The number of carbonyl (C=O) groups excluding carboxylic acids is 1. The van der Waals surface area contributed by atoms with Gasteiger partial charge in [-0.2, -0.15) is 0 Å². The van der Waals surface area contributed by atoms with Crippen LogP contribution in [0.2, 0.25) is 0 Å². The lowest BCUT2D eigenvalue weighted by molar-refractivity contribution is -0.132. The summed E-state index contributed by atoms with van der Waals surface area (Å²) >= 11 is 0. The van der Waals surface area contributed by atoms with Gasteiger partial charge in [-0.3, -0.25) is 4.79 Å². The van der Waals surface area contributed by atoms with Gasteiger partial charge in [-0.15, -0.1) is 10.2 Å². The molecular formula is C24H34N4O2. The quantitative estimate of drug-likeness (QED) is 0.716. The molecule has 1 saturated heterocycles. The van der Waals surface area contributed by atoms with Gasteiger partial charge in [-0.05, 0) is 48.8 Å². The Kier molecular flexibility index (Phi) is 6.11. The zero-order chi connectivity index (χ0) is 21.1. The summed E-state index contributed by atoms with van der Waals surface area (Å²) in [7, 11) is 0. The van der Waals surface area contributed by atoms with Crippen LogP contribution in [0, 0.1) is 18.3 Å². The average Bonchev–Trinajstić information content (AvgIpc) is 3.31. The summed E-state index contributed by atoms with van der Waals surface area (Å²) in [4.78, 5) is 15.1. The lowest BCUT2D eigenvalue weighted by Crippen LogP contribution is -2.36. The Balaban J connectivity index is 1.51. The van der Waals surface area contributed by atoms with Gasteiger partial charge in [0.05, 0.1) is 0 Å². The third kappa shape index (κ3) is 4.37. The number of hydrogen-bond acceptors (Lipinski definition) is 4. The van der Waals surface area contributed by atoms with Crippen LogP contribution in [0.25, 0.3) is 0 Å². The molecule has 1 aromatic heterocycles. The molecule has 30 heavy (non-hydrogen) atoms. The van der Waals surface area contributed by atoms with E-state index in [-0.39, 0.29) is 23.8 Å². The van der Waals surface area contributed by atoms with Gasteiger partial charge in [0.15, 0.2) is 6.61 Å². The van der Waals surface area contributed by atoms with Crippen molar-refractivity contribution < 1.29 is 9.53 Å². The van der Waals surface area contributed by atoms with Crippen molar-refractivity contribution >= 4 is 5.91 Å². The number of likely N-dealkylation sites (tertiary alicyclic amines) is 1. The minimum absolute atomic E-state index is 0.0684. The molecule has 1 aromatic carbocycles. The third-order valence-corrected chi connectivity index (χ3v) is 6.72. The molecule has 162 valence electrons. The van der Waals surface area contributed by atoms with Crippen molar-refractivity contribution in [2.75, 3.05) is 19.7 Å². The highest BCUT2D eigenvalue weighted by Crippen LogP contribution is 2.51. The Bertz CT molecular complexity index is 870. The zero-order valence-electron chi connectivity index (χ0n) is 18.5. The van der Waals surface area contributed by atoms with Crippen molar-refractivity contribution in [2.45, 2.75) is 65.3 Å². The van der Waals surface area contributed by atoms with Gasteiger partial charge in [0.1, 0.15) is 17.9 Å². The van der Waals surface area contributed by atoms with E-state index in [1.165, 1.54) is 19.3 Å². The summed E-state index contributed by atoms with van der Waals surface area (Å²) in [5, 5.41) is 8.78. The van der Waals surface area contributed by atoms with E-state index in [0.29, 0.717) is 12.5 Å². The maximum atomic E-state index is 13.1. The second-order valence-corrected chi connectivity index (χ2v) is 9.59. The minimum atomic E-state index is 0.0684. The van der Waals surface area contributed by atoms with E-state index in [2.05, 4.69) is 28.6 Å². The molecule has 2 aliphatic rings. The van der Waals surface area contributed by atoms with Crippen molar-refractivity contribution in [1.29, 1.82) is 0 Å². The molecular weight excluding hydrogens is 376 g/mol. The molecule has 4 rings (SSSR count). The second kappa shape index (κ2) is 8.78. The molecule has 2 heterocycles. The molecule has 1 aliphatic heterocycles. The van der Waals surface area contributed by atoms with Crippen LogP contribution in [-0.2, 0) is 11.3 Å². The molecule has 0 radical (unpaired) electrons. The fourth-order valence-electron chi connectivity index (χ4n) is 5.29. The van der Waals surface area contributed by atoms with Crippen molar-refractivity contribution in [2.24, 2.45) is 11.3 Å². The maximum Gasteiger partial charge on any atom is 0.260 e. The van der Waals surface area contributed by atoms with Gasteiger partial charge in [-0.25, -0.2) is 0 Å². The second-order valence-electron chi connectivity index (χ2n) is 9.59. The Hall–Kier alpha value is -2.37. The number of aryl methyl sites for hydroxylation is 1. The van der Waals surface area contributed by atoms with E-state index in [0.717, 1.165) is 43.1 Å². The Morgan fingerprint density at radius 3 is 2.80 bits per heavy atom. The number of benzene rings is 1. The summed E-state index contributed by atoms with van der Waals surface area (Å²) in [5.41, 5.74) is 1.26. The van der Waals surface area contributed by atoms with Crippen LogP contribution in [0.5, 0.6) is 5.75 Å². The predicted molar refractivity (Wildman–Crippen MR) is 116 cm³/mol. The van der Waals surface area contributed by atoms with Crippen LogP contribution in [0.15, 0.2) is 30.6 Å². The smallest absolute Gasteiger partial charge is 0.260 e. The van der Waals surface area contributed by atoms with E-state index < -0.39 is 0 Å². The number of hydrogen-bond donors (Lipinski definition) is 0. The lowest BCUT2D eigenvalue weighted by Gasteiger charge is -2.37. The summed E-state index contributed by atoms with van der Waals surface area (Å²) in [6.45, 7) is 8.99. The lowest BCUT2D eigenvalue weighted by atomic mass is 9.67. The van der Waals surface area contributed by atoms with E-state index >= 15 is 0 Å². The van der Waals surface area contributed by atoms with Crippen molar-refractivity contribution in [1.82, 2.24) is 19.7 Å². The van der Waals surface area contributed by atoms with Crippen LogP contribution in [0.1, 0.15) is 63.3 Å². The highest BCUT2D eigenvalue weighted by Gasteiger charge is 2.50. The number of rotatable bonds is 6. The van der Waals surface area contributed by atoms with Crippen molar-refractivity contribution in [3.05, 3.63) is 42.0 Å². The maximum absolute atomic E-state index is 13.1. The summed E-state index contributed by atoms with van der Waals surface area (Å²) in [6.07, 6.45) is 7.94. The molecule has 1 amide bonds. The van der Waals surface area contributed by atoms with Gasteiger partial charge in [0.25, 0.3) is 5.91 Å². The highest BCUT2D eigenvalue weighted by molar-refractivity contribution is 5.78. The normalized spacial score (nSPS) is 20.8. The molecule has 1 atom stereocenters. The first-order chi connectivity index (χ1) is 14.5. The molecule has 6 nitrogen and oxygen atoms in total. The van der Waals surface area contributed by atoms with Gasteiger partial charge in [-0.1, -0.05) is 45.2 Å². The average molecular weight is 411 g/mol. The standard InChI is InChI=1S/C24H34N4O2/c1-18(2)13-28-17-25-26-23(28)21-14-27(16-24(21)10-5-4-6-11-24)22(29)15-30-20-9-7-8-19(3)12-20/h7-9,12,17-18,21H,4-6,10-11,13-16H2,1-3H3. The first-order valence-electron chi connectivity index (χ1n) is 11.3. The van der Waals surface area contributed by atoms with Crippen LogP contribution in [0.3, 0.4) is 0 Å². The molecule has 0 bridgehead atoms. The van der Waals surface area contributed by atoms with E-state index in [1.807, 2.05) is 42.4 Å². The van der Waals surface area contributed by atoms with Crippen LogP contribution in [-0.4, -0.2) is 45.3 Å². The minimum Gasteiger partial charge on any atom is -0.484 e. The summed E-state index contributed by atoms with van der Waals surface area (Å²) in [5.74, 6) is 2.66. The Morgan fingerprint density at radius 1 is 1.27 bits per heavy atom. The van der Waals surface area contributed by atoms with Gasteiger partial charge in [0.2, 0.25) is 0 Å². The Labute approximate surface area is 179 Å². The zero-order valence-corrected chi connectivity index (χ0v) is 18.5. The molecule has 1 spiro atoms. The van der Waals surface area contributed by atoms with Crippen LogP contribution in [0.4, 0.5) is 0 Å². The van der Waals surface area contributed by atoms with E-state index in [4.69, 9.17) is 4.74 Å². The topological polar surface area (TPSA) is 60.2 Å². The first-order valence-corrected chi connectivity index (χ1v) is 11.3. The fourth-order valence-corrected chi connectivity index (χ4v) is 5.29. The number of aromatic nitrogens is 3. The fraction of sp³-hybridized carbons (Fsp3) is 0.625. The van der Waals surface area contributed by atoms with E-state index in [1.54, 1.807) is 0 Å². The van der Waals surface area contributed by atoms with Crippen LogP contribution < -0.4 is 4.74 Å². The molecule has 1 aliphatic carbocycles. The van der Waals surface area contributed by atoms with Crippen molar-refractivity contribution in [3.63, 3.8) is 0 Å². The predicted octanol–water partition coefficient (Wildman–Crippen LogP) is 4.20. The number of carbonyl (C=O) groups is 1.